The summed E-state index contributed by atoms with van der Waals surface area (Å²) in [5.74, 6) is 0.433. The van der Waals surface area contributed by atoms with Gasteiger partial charge in [0.1, 0.15) is 0 Å². The van der Waals surface area contributed by atoms with Crippen molar-refractivity contribution in [1.82, 2.24) is 10.2 Å². The Bertz CT molecular complexity index is 256. The van der Waals surface area contributed by atoms with Crippen molar-refractivity contribution in [2.75, 3.05) is 13.1 Å². The number of likely N-dealkylation sites (tertiary alicyclic amines) is 1. The molecule has 0 radical (unpaired) electrons. The second-order valence-corrected chi connectivity index (χ2v) is 4.03. The molecule has 4 nitrogen and oxygen atoms in total. The number of nitrogens with one attached hydrogen (secondary N) is 1. The monoisotopic (exact) mass is 224 g/mol. The van der Waals surface area contributed by atoms with Crippen LogP contribution in [0, 0.1) is 0 Å². The zero-order valence-corrected chi connectivity index (χ0v) is 9.71. The quantitative estimate of drug-likeness (QED) is 0.732. The first-order valence-corrected chi connectivity index (χ1v) is 5.93. The number of carbonyl (C=O) groups excluding carboxylic acids is 2. The van der Waals surface area contributed by atoms with Gasteiger partial charge in [0.25, 0.3) is 0 Å². The second-order valence-electron chi connectivity index (χ2n) is 4.03. The maximum atomic E-state index is 11.1. The molecule has 0 atom stereocenters. The Morgan fingerprint density at radius 2 is 1.94 bits per heavy atom. The van der Waals surface area contributed by atoms with Crippen molar-refractivity contribution in [3.63, 3.8) is 0 Å². The van der Waals surface area contributed by atoms with Gasteiger partial charge in [0.2, 0.25) is 11.8 Å². The summed E-state index contributed by atoms with van der Waals surface area (Å²) in [6.07, 6.45) is 7.44. The Balaban J connectivity index is 0.000000181. The van der Waals surface area contributed by atoms with Crippen molar-refractivity contribution >= 4 is 11.8 Å². The molecular formula is C12H20N2O2. The second kappa shape index (κ2) is 7.04. The fourth-order valence-corrected chi connectivity index (χ4v) is 1.76. The average Bonchev–Trinajstić information content (AvgIpc) is 2.65. The molecule has 0 bridgehead atoms. The summed E-state index contributed by atoms with van der Waals surface area (Å²) in [6.45, 7) is 5.33. The summed E-state index contributed by atoms with van der Waals surface area (Å²) in [7, 11) is 0. The lowest BCUT2D eigenvalue weighted by Crippen LogP contribution is -2.23. The van der Waals surface area contributed by atoms with Crippen LogP contribution in [0.5, 0.6) is 0 Å². The van der Waals surface area contributed by atoms with Crippen LogP contribution in [0.1, 0.15) is 38.5 Å². The lowest BCUT2D eigenvalue weighted by Gasteiger charge is -2.13. The van der Waals surface area contributed by atoms with Crippen LogP contribution in [-0.4, -0.2) is 29.8 Å². The third-order valence-electron chi connectivity index (χ3n) is 2.73. The van der Waals surface area contributed by atoms with Gasteiger partial charge in [0.15, 0.2) is 0 Å². The molecule has 2 rings (SSSR count). The van der Waals surface area contributed by atoms with E-state index in [-0.39, 0.29) is 11.8 Å². The zero-order valence-electron chi connectivity index (χ0n) is 9.71. The van der Waals surface area contributed by atoms with Gasteiger partial charge in [-0.25, -0.2) is 0 Å². The summed E-state index contributed by atoms with van der Waals surface area (Å²) >= 11 is 0. The van der Waals surface area contributed by atoms with Gasteiger partial charge >= 0.3 is 0 Å². The largest absolute Gasteiger partial charge is 0.356 e. The highest BCUT2D eigenvalue weighted by atomic mass is 16.2. The fraction of sp³-hybridized carbons (Fsp3) is 0.667. The molecule has 0 aromatic rings. The van der Waals surface area contributed by atoms with Crippen LogP contribution in [-0.2, 0) is 9.59 Å². The van der Waals surface area contributed by atoms with Crippen molar-refractivity contribution in [3.8, 4) is 0 Å². The number of hydrogen-bond acceptors (Lipinski definition) is 2. The average molecular weight is 224 g/mol. The zero-order chi connectivity index (χ0) is 11.8. The molecule has 0 aliphatic carbocycles. The Labute approximate surface area is 96.7 Å². The predicted molar refractivity (Wildman–Crippen MR) is 62.6 cm³/mol. The number of carbonyl (C=O) groups is 2. The lowest BCUT2D eigenvalue weighted by molar-refractivity contribution is -0.128. The molecule has 0 aromatic carbocycles. The van der Waals surface area contributed by atoms with E-state index in [9.17, 15) is 9.59 Å². The molecule has 1 N–H and O–H groups in total. The first kappa shape index (κ1) is 12.7. The molecule has 2 aliphatic heterocycles. The summed E-state index contributed by atoms with van der Waals surface area (Å²) in [6, 6.07) is 0. The van der Waals surface area contributed by atoms with E-state index in [1.807, 2.05) is 0 Å². The summed E-state index contributed by atoms with van der Waals surface area (Å²) in [4.78, 5) is 22.9. The molecule has 0 aromatic heterocycles. The van der Waals surface area contributed by atoms with E-state index in [4.69, 9.17) is 0 Å². The number of hydrogen-bond donors (Lipinski definition) is 1. The van der Waals surface area contributed by atoms with Crippen molar-refractivity contribution in [1.29, 1.82) is 0 Å². The van der Waals surface area contributed by atoms with E-state index < -0.39 is 0 Å². The van der Waals surface area contributed by atoms with Gasteiger partial charge in [0, 0.05) is 25.9 Å². The van der Waals surface area contributed by atoms with Gasteiger partial charge in [-0.15, -0.1) is 0 Å². The highest BCUT2D eigenvalue weighted by molar-refractivity contribution is 5.77. The smallest absolute Gasteiger partial charge is 0.226 e. The Morgan fingerprint density at radius 3 is 2.44 bits per heavy atom. The van der Waals surface area contributed by atoms with Gasteiger partial charge < -0.3 is 10.2 Å². The minimum atomic E-state index is 0.204. The van der Waals surface area contributed by atoms with Crippen molar-refractivity contribution < 1.29 is 9.59 Å². The molecule has 0 saturated carbocycles. The molecule has 2 aliphatic rings. The Hall–Kier alpha value is -1.32. The van der Waals surface area contributed by atoms with Crippen LogP contribution < -0.4 is 5.32 Å². The van der Waals surface area contributed by atoms with E-state index in [2.05, 4.69) is 11.9 Å². The summed E-state index contributed by atoms with van der Waals surface area (Å²) < 4.78 is 0. The van der Waals surface area contributed by atoms with Crippen LogP contribution in [0.2, 0.25) is 0 Å². The first-order valence-electron chi connectivity index (χ1n) is 5.93. The van der Waals surface area contributed by atoms with Crippen LogP contribution in [0.4, 0.5) is 0 Å². The highest BCUT2D eigenvalue weighted by Gasteiger charge is 2.12. The van der Waals surface area contributed by atoms with E-state index in [0.29, 0.717) is 6.42 Å². The minimum Gasteiger partial charge on any atom is -0.356 e. The molecular weight excluding hydrogens is 204 g/mol. The van der Waals surface area contributed by atoms with Gasteiger partial charge in [0.05, 0.1) is 0 Å². The van der Waals surface area contributed by atoms with Gasteiger partial charge in [-0.2, -0.15) is 0 Å². The maximum absolute atomic E-state index is 11.1. The van der Waals surface area contributed by atoms with Gasteiger partial charge in [-0.3, -0.25) is 9.59 Å². The molecule has 4 heteroatoms. The third-order valence-corrected chi connectivity index (χ3v) is 2.73. The third kappa shape index (κ3) is 4.47. The normalized spacial score (nSPS) is 20.6. The van der Waals surface area contributed by atoms with Crippen molar-refractivity contribution in [3.05, 3.63) is 12.8 Å². The van der Waals surface area contributed by atoms with E-state index in [1.165, 1.54) is 6.42 Å². The Morgan fingerprint density at radius 1 is 1.12 bits per heavy atom. The van der Waals surface area contributed by atoms with Gasteiger partial charge in [-0.05, 0) is 25.5 Å². The van der Waals surface area contributed by atoms with E-state index >= 15 is 0 Å². The lowest BCUT2D eigenvalue weighted by atomic mass is 10.2. The molecule has 0 unspecified atom stereocenters. The van der Waals surface area contributed by atoms with Crippen LogP contribution in [0.25, 0.3) is 0 Å². The van der Waals surface area contributed by atoms with Crippen molar-refractivity contribution in [2.45, 2.75) is 38.5 Å². The van der Waals surface area contributed by atoms with Crippen LogP contribution in [0.3, 0.4) is 0 Å². The Kier molecular flexibility index (Phi) is 5.61. The number of nitrogens with zero attached hydrogens (tertiary/aromatic N) is 1. The highest BCUT2D eigenvalue weighted by Crippen LogP contribution is 2.10. The number of rotatable bonds is 1. The topological polar surface area (TPSA) is 49.4 Å². The van der Waals surface area contributed by atoms with Gasteiger partial charge in [-0.1, -0.05) is 13.0 Å². The molecule has 2 saturated heterocycles. The standard InChI is InChI=1S/C8H13NO.C4H7NO/c1-2-9-7-5-3-4-6-8(9)10;6-4-2-1-3-5-4/h2H,1,3-7H2;1-3H2,(H,5,6). The van der Waals surface area contributed by atoms with Crippen molar-refractivity contribution in [2.24, 2.45) is 0 Å². The molecule has 2 amide bonds. The molecule has 16 heavy (non-hydrogen) atoms. The fourth-order valence-electron chi connectivity index (χ4n) is 1.76. The molecule has 2 fully saturated rings. The van der Waals surface area contributed by atoms with E-state index in [0.717, 1.165) is 38.8 Å². The summed E-state index contributed by atoms with van der Waals surface area (Å²) in [5, 5.41) is 2.68. The molecule has 90 valence electrons. The molecule has 2 heterocycles. The maximum Gasteiger partial charge on any atom is 0.226 e. The number of amides is 2. The molecule has 0 spiro atoms. The van der Waals surface area contributed by atoms with Crippen LogP contribution in [0.15, 0.2) is 12.8 Å². The first-order chi connectivity index (χ1) is 7.74. The van der Waals surface area contributed by atoms with E-state index in [1.54, 1.807) is 11.1 Å². The minimum absolute atomic E-state index is 0.204. The summed E-state index contributed by atoms with van der Waals surface area (Å²) in [5.41, 5.74) is 0. The predicted octanol–water partition coefficient (Wildman–Crippen LogP) is 1.43. The van der Waals surface area contributed by atoms with Crippen LogP contribution >= 0.6 is 0 Å². The SMILES string of the molecule is C=CN1CCCCCC1=O.O=C1CCCN1.